The summed E-state index contributed by atoms with van der Waals surface area (Å²) in [7, 11) is 1.63. The second-order valence-electron chi connectivity index (χ2n) is 9.64. The van der Waals surface area contributed by atoms with E-state index in [2.05, 4.69) is 35.3 Å². The summed E-state index contributed by atoms with van der Waals surface area (Å²) in [5.41, 5.74) is 4.81. The number of ether oxygens (including phenoxy) is 1. The van der Waals surface area contributed by atoms with Crippen LogP contribution < -0.4 is 4.74 Å². The highest BCUT2D eigenvalue weighted by molar-refractivity contribution is 5.99. The molecule has 1 N–H and O–H groups in total. The number of hydrogen-bond acceptors (Lipinski definition) is 1. The number of allylic oxidation sites excluding steroid dienone is 4. The van der Waals surface area contributed by atoms with Crippen molar-refractivity contribution in [3.05, 3.63) is 149 Å². The van der Waals surface area contributed by atoms with Gasteiger partial charge in [-0.25, -0.2) is 0 Å². The quantitative estimate of drug-likeness (QED) is 0.237. The Morgan fingerprint density at radius 3 is 2.10 bits per heavy atom. The standard InChI is InChI=1S/C34H26F3NO/c1-39-30-18-10-8-16-28(30)33(24-13-5-6-14-24,25-19-21-26(22-20-25)34(35,36)37)32-31(23-11-3-2-4-12-23)27-15-7-9-17-29(27)38-32/h2-13,15-22,38H,14H2,1H3/t33-/m0/s1. The van der Waals surface area contributed by atoms with Gasteiger partial charge < -0.3 is 9.72 Å². The molecule has 0 saturated heterocycles. The molecule has 0 bridgehead atoms. The van der Waals surface area contributed by atoms with Gasteiger partial charge in [0, 0.05) is 27.7 Å². The first-order valence-electron chi connectivity index (χ1n) is 12.8. The summed E-state index contributed by atoms with van der Waals surface area (Å²) in [4.78, 5) is 3.73. The number of halogens is 3. The number of para-hydroxylation sites is 2. The van der Waals surface area contributed by atoms with Gasteiger partial charge in [0.05, 0.1) is 18.1 Å². The zero-order chi connectivity index (χ0) is 27.0. The SMILES string of the molecule is COc1ccccc1[C@](C1=CC=CC1)(c1ccc(C(F)(F)F)cc1)c1[nH]c2ccccc2c1-c1ccccc1. The van der Waals surface area contributed by atoms with E-state index >= 15 is 0 Å². The molecule has 2 nitrogen and oxygen atoms in total. The van der Waals surface area contributed by atoms with E-state index in [0.717, 1.165) is 44.4 Å². The molecule has 1 aromatic heterocycles. The Kier molecular flexibility index (Phi) is 6.15. The monoisotopic (exact) mass is 521 g/mol. The van der Waals surface area contributed by atoms with Crippen molar-refractivity contribution < 1.29 is 17.9 Å². The van der Waals surface area contributed by atoms with Crippen molar-refractivity contribution in [2.75, 3.05) is 7.11 Å². The van der Waals surface area contributed by atoms with Crippen molar-refractivity contribution in [3.63, 3.8) is 0 Å². The second-order valence-corrected chi connectivity index (χ2v) is 9.64. The summed E-state index contributed by atoms with van der Waals surface area (Å²) in [6, 6.07) is 31.6. The van der Waals surface area contributed by atoms with E-state index in [1.807, 2.05) is 66.7 Å². The fourth-order valence-electron chi connectivity index (χ4n) is 5.87. The molecule has 4 aromatic carbocycles. The van der Waals surface area contributed by atoms with Gasteiger partial charge in [-0.15, -0.1) is 0 Å². The first-order chi connectivity index (χ1) is 18.9. The summed E-state index contributed by atoms with van der Waals surface area (Å²) in [5.74, 6) is 0.655. The van der Waals surface area contributed by atoms with Crippen LogP contribution in [0.1, 0.15) is 28.8 Å². The Hall–Kier alpha value is -4.51. The lowest BCUT2D eigenvalue weighted by atomic mass is 9.64. The van der Waals surface area contributed by atoms with Gasteiger partial charge in [0.15, 0.2) is 0 Å². The molecule has 194 valence electrons. The van der Waals surface area contributed by atoms with Crippen LogP contribution >= 0.6 is 0 Å². The molecule has 0 aliphatic heterocycles. The molecule has 0 amide bonds. The van der Waals surface area contributed by atoms with E-state index in [0.29, 0.717) is 12.2 Å². The molecule has 6 rings (SSSR count). The Morgan fingerprint density at radius 1 is 0.744 bits per heavy atom. The summed E-state index contributed by atoms with van der Waals surface area (Å²) < 4.78 is 46.9. The normalized spacial score (nSPS) is 14.8. The number of aromatic nitrogens is 1. The van der Waals surface area contributed by atoms with Crippen LogP contribution in [0.3, 0.4) is 0 Å². The van der Waals surface area contributed by atoms with Crippen molar-refractivity contribution in [1.82, 2.24) is 4.98 Å². The average Bonchev–Trinajstić information content (AvgIpc) is 3.63. The van der Waals surface area contributed by atoms with Crippen LogP contribution in [0.2, 0.25) is 0 Å². The smallest absolute Gasteiger partial charge is 0.416 e. The zero-order valence-corrected chi connectivity index (χ0v) is 21.3. The predicted molar refractivity (Wildman–Crippen MR) is 150 cm³/mol. The molecule has 0 fully saturated rings. The van der Waals surface area contributed by atoms with E-state index < -0.39 is 17.2 Å². The lowest BCUT2D eigenvalue weighted by molar-refractivity contribution is -0.137. The molecular formula is C34H26F3NO. The highest BCUT2D eigenvalue weighted by Gasteiger charge is 2.45. The molecule has 0 saturated carbocycles. The number of benzene rings is 4. The summed E-state index contributed by atoms with van der Waals surface area (Å²) >= 11 is 0. The molecule has 5 aromatic rings. The van der Waals surface area contributed by atoms with E-state index in [1.54, 1.807) is 19.2 Å². The number of rotatable bonds is 6. The molecule has 5 heteroatoms. The Bertz CT molecular complexity index is 1690. The Morgan fingerprint density at radius 2 is 1.41 bits per heavy atom. The highest BCUT2D eigenvalue weighted by Crippen LogP contribution is 2.54. The number of hydrogen-bond donors (Lipinski definition) is 1. The molecule has 0 radical (unpaired) electrons. The Balaban J connectivity index is 1.79. The predicted octanol–water partition coefficient (Wildman–Crippen LogP) is 9.08. The van der Waals surface area contributed by atoms with Gasteiger partial charge in [-0.1, -0.05) is 97.1 Å². The fourth-order valence-corrected chi connectivity index (χ4v) is 5.87. The second kappa shape index (κ2) is 9.66. The van der Waals surface area contributed by atoms with Gasteiger partial charge in [0.2, 0.25) is 0 Å². The van der Waals surface area contributed by atoms with Crippen LogP contribution in [-0.4, -0.2) is 12.1 Å². The topological polar surface area (TPSA) is 25.0 Å². The third-order valence-electron chi connectivity index (χ3n) is 7.55. The summed E-state index contributed by atoms with van der Waals surface area (Å²) in [6.45, 7) is 0. The lowest BCUT2D eigenvalue weighted by Crippen LogP contribution is -2.33. The Labute approximate surface area is 225 Å². The number of fused-ring (bicyclic) bond motifs is 1. The van der Waals surface area contributed by atoms with Gasteiger partial charge in [-0.05, 0) is 47.4 Å². The zero-order valence-electron chi connectivity index (χ0n) is 21.3. The van der Waals surface area contributed by atoms with Crippen LogP contribution in [-0.2, 0) is 11.6 Å². The minimum atomic E-state index is -4.43. The highest BCUT2D eigenvalue weighted by atomic mass is 19.4. The summed E-state index contributed by atoms with van der Waals surface area (Å²) in [6.07, 6.45) is 2.37. The first-order valence-corrected chi connectivity index (χ1v) is 12.8. The average molecular weight is 522 g/mol. The fraction of sp³-hybridized carbons (Fsp3) is 0.118. The molecule has 0 spiro atoms. The molecule has 1 atom stereocenters. The van der Waals surface area contributed by atoms with Crippen LogP contribution in [0, 0.1) is 0 Å². The van der Waals surface area contributed by atoms with E-state index in [4.69, 9.17) is 4.74 Å². The van der Waals surface area contributed by atoms with Gasteiger partial charge >= 0.3 is 6.18 Å². The maximum absolute atomic E-state index is 13.7. The third-order valence-corrected chi connectivity index (χ3v) is 7.55. The van der Waals surface area contributed by atoms with Crippen LogP contribution in [0.15, 0.2) is 127 Å². The third kappa shape index (κ3) is 4.06. The van der Waals surface area contributed by atoms with Crippen LogP contribution in [0.4, 0.5) is 13.2 Å². The van der Waals surface area contributed by atoms with Gasteiger partial charge in [-0.3, -0.25) is 0 Å². The maximum atomic E-state index is 13.7. The van der Waals surface area contributed by atoms with Gasteiger partial charge in [0.1, 0.15) is 5.75 Å². The van der Waals surface area contributed by atoms with E-state index in [-0.39, 0.29) is 0 Å². The molecule has 1 aliphatic rings. The van der Waals surface area contributed by atoms with Crippen molar-refractivity contribution in [3.8, 4) is 16.9 Å². The van der Waals surface area contributed by atoms with Crippen LogP contribution in [0.25, 0.3) is 22.0 Å². The number of alkyl halides is 3. The van der Waals surface area contributed by atoms with Crippen LogP contribution in [0.5, 0.6) is 5.75 Å². The molecule has 39 heavy (non-hydrogen) atoms. The summed E-state index contributed by atoms with van der Waals surface area (Å²) in [5, 5.41) is 1.04. The minimum absolute atomic E-state index is 0.642. The van der Waals surface area contributed by atoms with Crippen molar-refractivity contribution in [1.29, 1.82) is 0 Å². The van der Waals surface area contributed by atoms with E-state index in [9.17, 15) is 13.2 Å². The number of H-pyrrole nitrogens is 1. The molecule has 1 aliphatic carbocycles. The molecular weight excluding hydrogens is 495 g/mol. The number of nitrogens with one attached hydrogen (secondary N) is 1. The van der Waals surface area contributed by atoms with E-state index in [1.165, 1.54) is 12.1 Å². The largest absolute Gasteiger partial charge is 0.496 e. The minimum Gasteiger partial charge on any atom is -0.496 e. The van der Waals surface area contributed by atoms with Gasteiger partial charge in [0.25, 0.3) is 0 Å². The lowest BCUT2D eigenvalue weighted by Gasteiger charge is -2.38. The van der Waals surface area contributed by atoms with Gasteiger partial charge in [-0.2, -0.15) is 13.2 Å². The van der Waals surface area contributed by atoms with Crippen molar-refractivity contribution in [2.45, 2.75) is 18.0 Å². The molecule has 1 heterocycles. The van der Waals surface area contributed by atoms with Crippen molar-refractivity contribution >= 4 is 10.9 Å². The molecule has 0 unspecified atom stereocenters. The maximum Gasteiger partial charge on any atom is 0.416 e. The first kappa shape index (κ1) is 24.8. The van der Waals surface area contributed by atoms with Crippen molar-refractivity contribution in [2.24, 2.45) is 0 Å². The number of aromatic amines is 1. The number of methoxy groups -OCH3 is 1.